The van der Waals surface area contributed by atoms with Gasteiger partial charge in [0.05, 0.1) is 14.2 Å². The van der Waals surface area contributed by atoms with Gasteiger partial charge < -0.3 is 9.47 Å². The third kappa shape index (κ3) is 4.57. The fourth-order valence-corrected chi connectivity index (χ4v) is 3.35. The molecule has 2 rings (SSSR count). The lowest BCUT2D eigenvalue weighted by molar-refractivity contribution is 0.245. The molecule has 0 aromatic heterocycles. The monoisotopic (exact) mass is 343 g/mol. The van der Waals surface area contributed by atoms with Gasteiger partial charge in [-0.05, 0) is 43.6 Å². The Morgan fingerprint density at radius 2 is 1.83 bits per heavy atom. The van der Waals surface area contributed by atoms with E-state index >= 15 is 0 Å². The Morgan fingerprint density at radius 1 is 1.17 bits per heavy atom. The summed E-state index contributed by atoms with van der Waals surface area (Å²) < 4.78 is 38.9. The van der Waals surface area contributed by atoms with Crippen LogP contribution in [0.5, 0.6) is 11.5 Å². The van der Waals surface area contributed by atoms with Crippen molar-refractivity contribution in [1.29, 1.82) is 0 Å². The molecule has 7 nitrogen and oxygen atoms in total. The van der Waals surface area contributed by atoms with E-state index in [4.69, 9.17) is 9.47 Å². The van der Waals surface area contributed by atoms with Crippen molar-refractivity contribution in [1.82, 2.24) is 14.3 Å². The Bertz CT molecular complexity index is 615. The highest BCUT2D eigenvalue weighted by Crippen LogP contribution is 2.33. The average Bonchev–Trinajstić information content (AvgIpc) is 3.09. The number of nitrogens with one attached hydrogen (secondary N) is 2. The summed E-state index contributed by atoms with van der Waals surface area (Å²) in [5.74, 6) is 1.30. The summed E-state index contributed by atoms with van der Waals surface area (Å²) in [7, 11) is 1.12. The van der Waals surface area contributed by atoms with Gasteiger partial charge in [0.25, 0.3) is 10.2 Å². The molecule has 1 atom stereocenters. The fraction of sp³-hybridized carbons (Fsp3) is 0.600. The molecule has 130 valence electrons. The molecule has 0 spiro atoms. The lowest BCUT2D eigenvalue weighted by Gasteiger charge is -2.28. The van der Waals surface area contributed by atoms with Crippen molar-refractivity contribution < 1.29 is 17.9 Å². The smallest absolute Gasteiger partial charge is 0.276 e. The molecule has 0 saturated carbocycles. The van der Waals surface area contributed by atoms with E-state index < -0.39 is 10.2 Å². The van der Waals surface area contributed by atoms with Crippen molar-refractivity contribution in [3.8, 4) is 11.5 Å². The predicted molar refractivity (Wildman–Crippen MR) is 89.1 cm³/mol. The van der Waals surface area contributed by atoms with Gasteiger partial charge in [-0.1, -0.05) is 6.07 Å². The normalized spacial score (nSPS) is 17.2. The van der Waals surface area contributed by atoms with E-state index in [2.05, 4.69) is 14.3 Å². The molecule has 1 fully saturated rings. The molecular formula is C15H25N3O4S. The van der Waals surface area contributed by atoms with Crippen molar-refractivity contribution in [2.24, 2.45) is 0 Å². The number of rotatable bonds is 8. The highest BCUT2D eigenvalue weighted by Gasteiger charge is 2.25. The molecule has 8 heteroatoms. The first-order valence-electron chi connectivity index (χ1n) is 7.65. The molecule has 1 heterocycles. The van der Waals surface area contributed by atoms with Gasteiger partial charge in [0.2, 0.25) is 0 Å². The van der Waals surface area contributed by atoms with Gasteiger partial charge in [-0.3, -0.25) is 4.90 Å². The van der Waals surface area contributed by atoms with E-state index in [1.807, 2.05) is 18.2 Å². The van der Waals surface area contributed by atoms with Crippen LogP contribution in [0, 0.1) is 0 Å². The lowest BCUT2D eigenvalue weighted by Crippen LogP contribution is -2.40. The van der Waals surface area contributed by atoms with E-state index in [1.54, 1.807) is 14.2 Å². The Morgan fingerprint density at radius 3 is 2.39 bits per heavy atom. The van der Waals surface area contributed by atoms with Crippen LogP contribution in [0.25, 0.3) is 0 Å². The Labute approximate surface area is 138 Å². The topological polar surface area (TPSA) is 79.9 Å². The van der Waals surface area contributed by atoms with Crippen LogP contribution in [-0.2, 0) is 10.2 Å². The number of hydrogen-bond donors (Lipinski definition) is 2. The SMILES string of the molecule is CNS(=O)(=O)NCC(c1ccc(OC)c(OC)c1)N1CCCC1. The largest absolute Gasteiger partial charge is 0.493 e. The zero-order valence-electron chi connectivity index (χ0n) is 13.8. The Hall–Kier alpha value is -1.35. The molecule has 2 N–H and O–H groups in total. The van der Waals surface area contributed by atoms with Crippen LogP contribution in [0.3, 0.4) is 0 Å². The van der Waals surface area contributed by atoms with Crippen LogP contribution in [0.15, 0.2) is 18.2 Å². The zero-order chi connectivity index (χ0) is 16.9. The van der Waals surface area contributed by atoms with Crippen LogP contribution < -0.4 is 18.9 Å². The van der Waals surface area contributed by atoms with E-state index in [1.165, 1.54) is 7.05 Å². The fourth-order valence-electron chi connectivity index (χ4n) is 2.83. The molecule has 0 bridgehead atoms. The summed E-state index contributed by atoms with van der Waals surface area (Å²) in [6.07, 6.45) is 2.26. The van der Waals surface area contributed by atoms with Crippen LogP contribution in [-0.4, -0.2) is 54.2 Å². The van der Waals surface area contributed by atoms with Gasteiger partial charge in [-0.25, -0.2) is 9.44 Å². The van der Waals surface area contributed by atoms with Gasteiger partial charge in [0.1, 0.15) is 0 Å². The molecule has 1 saturated heterocycles. The Balaban J connectivity index is 2.25. The first-order chi connectivity index (χ1) is 11.0. The number of likely N-dealkylation sites (tertiary alicyclic amines) is 1. The summed E-state index contributed by atoms with van der Waals surface area (Å²) in [5.41, 5.74) is 1.00. The predicted octanol–water partition coefficient (Wildman–Crippen LogP) is 0.895. The van der Waals surface area contributed by atoms with Crippen LogP contribution in [0.2, 0.25) is 0 Å². The van der Waals surface area contributed by atoms with Gasteiger partial charge in [0, 0.05) is 19.6 Å². The van der Waals surface area contributed by atoms with Gasteiger partial charge >= 0.3 is 0 Å². The molecule has 0 aliphatic carbocycles. The van der Waals surface area contributed by atoms with Crippen molar-refractivity contribution in [3.05, 3.63) is 23.8 Å². The molecule has 1 aromatic carbocycles. The van der Waals surface area contributed by atoms with Crippen molar-refractivity contribution in [2.45, 2.75) is 18.9 Å². The molecule has 23 heavy (non-hydrogen) atoms. The minimum atomic E-state index is -3.46. The maximum atomic E-state index is 11.7. The summed E-state index contributed by atoms with van der Waals surface area (Å²) >= 11 is 0. The summed E-state index contributed by atoms with van der Waals surface area (Å²) in [5, 5.41) is 0. The summed E-state index contributed by atoms with van der Waals surface area (Å²) in [6.45, 7) is 2.22. The van der Waals surface area contributed by atoms with E-state index in [9.17, 15) is 8.42 Å². The molecular weight excluding hydrogens is 318 g/mol. The number of methoxy groups -OCH3 is 2. The number of benzene rings is 1. The second-order valence-electron chi connectivity index (χ2n) is 5.43. The summed E-state index contributed by atoms with van der Waals surface area (Å²) in [4.78, 5) is 2.29. The molecule has 1 unspecified atom stereocenters. The highest BCUT2D eigenvalue weighted by atomic mass is 32.2. The van der Waals surface area contributed by atoms with Gasteiger partial charge in [0.15, 0.2) is 11.5 Å². The number of hydrogen-bond acceptors (Lipinski definition) is 5. The third-order valence-electron chi connectivity index (χ3n) is 4.11. The zero-order valence-corrected chi connectivity index (χ0v) is 14.6. The van der Waals surface area contributed by atoms with Crippen LogP contribution in [0.4, 0.5) is 0 Å². The molecule has 1 aliphatic rings. The van der Waals surface area contributed by atoms with Crippen molar-refractivity contribution in [2.75, 3.05) is 40.9 Å². The maximum Gasteiger partial charge on any atom is 0.276 e. The van der Waals surface area contributed by atoms with Crippen molar-refractivity contribution >= 4 is 10.2 Å². The lowest BCUT2D eigenvalue weighted by atomic mass is 10.0. The summed E-state index contributed by atoms with van der Waals surface area (Å²) in [6, 6.07) is 5.68. The van der Waals surface area contributed by atoms with Gasteiger partial charge in [-0.2, -0.15) is 8.42 Å². The first kappa shape index (κ1) is 18.0. The van der Waals surface area contributed by atoms with Gasteiger partial charge in [-0.15, -0.1) is 0 Å². The van der Waals surface area contributed by atoms with E-state index in [0.29, 0.717) is 18.0 Å². The number of ether oxygens (including phenoxy) is 2. The maximum absolute atomic E-state index is 11.7. The van der Waals surface area contributed by atoms with Crippen LogP contribution >= 0.6 is 0 Å². The Kier molecular flexibility index (Phi) is 6.23. The second-order valence-corrected chi connectivity index (χ2v) is 7.13. The molecule has 0 radical (unpaired) electrons. The number of nitrogens with zero attached hydrogens (tertiary/aromatic N) is 1. The third-order valence-corrected chi connectivity index (χ3v) is 5.19. The standard InChI is InChI=1S/C15H25N3O4S/c1-16-23(19,20)17-11-13(18-8-4-5-9-18)12-6-7-14(21-2)15(10-12)22-3/h6-7,10,13,16-17H,4-5,8-9,11H2,1-3H3. The molecule has 1 aromatic rings. The molecule has 0 amide bonds. The van der Waals surface area contributed by atoms with E-state index in [0.717, 1.165) is 31.5 Å². The molecule has 1 aliphatic heterocycles. The second kappa shape index (κ2) is 7.96. The van der Waals surface area contributed by atoms with Crippen LogP contribution in [0.1, 0.15) is 24.4 Å². The first-order valence-corrected chi connectivity index (χ1v) is 9.13. The minimum Gasteiger partial charge on any atom is -0.493 e. The van der Waals surface area contributed by atoms with Crippen molar-refractivity contribution in [3.63, 3.8) is 0 Å². The average molecular weight is 343 g/mol. The van der Waals surface area contributed by atoms with E-state index in [-0.39, 0.29) is 6.04 Å². The highest BCUT2D eigenvalue weighted by molar-refractivity contribution is 7.87. The quantitative estimate of drug-likeness (QED) is 0.733. The minimum absolute atomic E-state index is 0.0413.